The van der Waals surface area contributed by atoms with Gasteiger partial charge in [-0.05, 0) is 25.1 Å². The third-order valence-corrected chi connectivity index (χ3v) is 4.01. The fraction of sp³-hybridized carbons (Fsp3) is 0.421. The fourth-order valence-electron chi connectivity index (χ4n) is 2.32. The van der Waals surface area contributed by atoms with Gasteiger partial charge in [-0.25, -0.2) is 14.4 Å². The third-order valence-electron chi connectivity index (χ3n) is 4.01. The number of rotatable bonds is 9. The highest BCUT2D eigenvalue weighted by Crippen LogP contribution is 2.25. The van der Waals surface area contributed by atoms with Crippen LogP contribution in [-0.4, -0.2) is 56.5 Å². The maximum absolute atomic E-state index is 12.4. The van der Waals surface area contributed by atoms with E-state index in [9.17, 15) is 14.4 Å². The number of carbonyl (C=O) groups excluding carboxylic acids is 3. The first-order valence-electron chi connectivity index (χ1n) is 8.52. The van der Waals surface area contributed by atoms with E-state index in [0.717, 1.165) is 6.08 Å². The second-order valence-corrected chi connectivity index (χ2v) is 6.19. The first-order chi connectivity index (χ1) is 13.0. The smallest absolute Gasteiger partial charge is 0.338 e. The summed E-state index contributed by atoms with van der Waals surface area (Å²) in [5, 5.41) is 0. The predicted octanol–water partition coefficient (Wildman–Crippen LogP) is 1.59. The number of benzene rings is 1. The van der Waals surface area contributed by atoms with Crippen LogP contribution in [0, 0.1) is 0 Å². The minimum Gasteiger partial charge on any atom is -0.459 e. The van der Waals surface area contributed by atoms with Crippen molar-refractivity contribution in [2.75, 3.05) is 26.4 Å². The molecule has 0 bridgehead atoms. The molecule has 144 valence electrons. The van der Waals surface area contributed by atoms with Crippen LogP contribution in [0.4, 0.5) is 0 Å². The van der Waals surface area contributed by atoms with E-state index in [0.29, 0.717) is 18.8 Å². The van der Waals surface area contributed by atoms with E-state index >= 15 is 0 Å². The van der Waals surface area contributed by atoms with Crippen molar-refractivity contribution in [1.82, 2.24) is 0 Å². The van der Waals surface area contributed by atoms with Crippen LogP contribution >= 0.6 is 0 Å². The molecule has 0 saturated carbocycles. The highest BCUT2D eigenvalue weighted by molar-refractivity contribution is 5.95. The van der Waals surface area contributed by atoms with Gasteiger partial charge in [-0.15, -0.1) is 0 Å². The molecule has 0 spiro atoms. The molecule has 0 amide bonds. The van der Waals surface area contributed by atoms with Crippen molar-refractivity contribution >= 4 is 17.9 Å². The summed E-state index contributed by atoms with van der Waals surface area (Å²) in [6.45, 7) is 6.38. The zero-order valence-corrected chi connectivity index (χ0v) is 14.8. The molecule has 0 N–H and O–H groups in total. The molecular weight excluding hydrogens is 356 g/mol. The Labute approximate surface area is 156 Å². The normalized spacial score (nSPS) is 20.9. The molecule has 0 aliphatic carbocycles. The average molecular weight is 376 g/mol. The molecule has 3 rings (SSSR count). The Morgan fingerprint density at radius 2 is 1.74 bits per heavy atom. The van der Waals surface area contributed by atoms with Gasteiger partial charge in [-0.3, -0.25) is 0 Å². The zero-order chi connectivity index (χ0) is 19.4. The van der Waals surface area contributed by atoms with E-state index in [1.807, 2.05) is 0 Å². The van der Waals surface area contributed by atoms with Gasteiger partial charge in [-0.2, -0.15) is 0 Å². The van der Waals surface area contributed by atoms with Crippen LogP contribution in [0.25, 0.3) is 0 Å². The summed E-state index contributed by atoms with van der Waals surface area (Å²) in [4.78, 5) is 36.1. The van der Waals surface area contributed by atoms with E-state index in [4.69, 9.17) is 23.7 Å². The van der Waals surface area contributed by atoms with E-state index in [1.165, 1.54) is 18.2 Å². The molecule has 2 fully saturated rings. The van der Waals surface area contributed by atoms with Gasteiger partial charge in [0.25, 0.3) is 0 Å². The molecular formula is C19H20O8. The van der Waals surface area contributed by atoms with Crippen LogP contribution in [0.2, 0.25) is 0 Å². The van der Waals surface area contributed by atoms with Gasteiger partial charge >= 0.3 is 17.9 Å². The molecule has 27 heavy (non-hydrogen) atoms. The summed E-state index contributed by atoms with van der Waals surface area (Å²) in [5.41, 5.74) is 0.764. The molecule has 2 aliphatic heterocycles. The van der Waals surface area contributed by atoms with Gasteiger partial charge < -0.3 is 23.7 Å². The first kappa shape index (κ1) is 19.1. The lowest BCUT2D eigenvalue weighted by Gasteiger charge is -2.17. The molecule has 8 heteroatoms. The first-order valence-corrected chi connectivity index (χ1v) is 8.52. The Morgan fingerprint density at radius 3 is 2.30 bits per heavy atom. The molecule has 8 nitrogen and oxygen atoms in total. The molecule has 3 atom stereocenters. The molecule has 1 aromatic rings. The van der Waals surface area contributed by atoms with Gasteiger partial charge in [0.05, 0.1) is 24.3 Å². The van der Waals surface area contributed by atoms with Crippen molar-refractivity contribution in [2.45, 2.75) is 25.2 Å². The Kier molecular flexibility index (Phi) is 5.88. The number of carbonyl (C=O) groups is 3. The molecule has 3 unspecified atom stereocenters. The van der Waals surface area contributed by atoms with Crippen LogP contribution in [0.5, 0.6) is 0 Å². The summed E-state index contributed by atoms with van der Waals surface area (Å²) in [7, 11) is 0. The zero-order valence-electron chi connectivity index (χ0n) is 14.8. The molecule has 0 aromatic heterocycles. The molecule has 2 aliphatic rings. The molecule has 1 aromatic carbocycles. The molecule has 2 saturated heterocycles. The topological polar surface area (TPSA) is 104 Å². The number of esters is 3. The summed E-state index contributed by atoms with van der Waals surface area (Å²) < 4.78 is 25.6. The average Bonchev–Trinajstić information content (AvgIpc) is 3.57. The summed E-state index contributed by atoms with van der Waals surface area (Å²) >= 11 is 0. The van der Waals surface area contributed by atoms with Gasteiger partial charge in [0.1, 0.15) is 31.5 Å². The maximum atomic E-state index is 12.4. The second kappa shape index (κ2) is 8.32. The van der Waals surface area contributed by atoms with Crippen LogP contribution < -0.4 is 0 Å². The number of hydrogen-bond acceptors (Lipinski definition) is 8. The van der Waals surface area contributed by atoms with Gasteiger partial charge in [-0.1, -0.05) is 6.58 Å². The van der Waals surface area contributed by atoms with Crippen molar-refractivity contribution in [3.63, 3.8) is 0 Å². The van der Waals surface area contributed by atoms with E-state index < -0.39 is 24.0 Å². The van der Waals surface area contributed by atoms with Gasteiger partial charge in [0.15, 0.2) is 0 Å². The highest BCUT2D eigenvalue weighted by Gasteiger charge is 2.28. The van der Waals surface area contributed by atoms with Gasteiger partial charge in [0, 0.05) is 11.6 Å². The SMILES string of the molecule is C=CC(=O)OC(C)c1cc(C(=O)OCC2CO2)ccc1C(=O)OCC1CO1. The highest BCUT2D eigenvalue weighted by atomic mass is 16.6. The maximum Gasteiger partial charge on any atom is 0.338 e. The summed E-state index contributed by atoms with van der Waals surface area (Å²) in [6.07, 6.45) is 0.0917. The Bertz CT molecular complexity index is 748. The fourth-order valence-corrected chi connectivity index (χ4v) is 2.32. The minimum absolute atomic E-state index is 0.0558. The second-order valence-electron chi connectivity index (χ2n) is 6.19. The minimum atomic E-state index is -0.797. The van der Waals surface area contributed by atoms with E-state index in [-0.39, 0.29) is 36.5 Å². The summed E-state index contributed by atoms with van der Waals surface area (Å²) in [6, 6.07) is 4.38. The third kappa shape index (κ3) is 5.38. The molecule has 2 heterocycles. The lowest BCUT2D eigenvalue weighted by Crippen LogP contribution is -2.17. The van der Waals surface area contributed by atoms with Crippen molar-refractivity contribution in [1.29, 1.82) is 0 Å². The van der Waals surface area contributed by atoms with Crippen LogP contribution in [-0.2, 0) is 28.5 Å². The number of hydrogen-bond donors (Lipinski definition) is 0. The van der Waals surface area contributed by atoms with Gasteiger partial charge in [0.2, 0.25) is 0 Å². The largest absolute Gasteiger partial charge is 0.459 e. The quantitative estimate of drug-likeness (QED) is 0.277. The lowest BCUT2D eigenvalue weighted by atomic mass is 10.00. The van der Waals surface area contributed by atoms with Crippen molar-refractivity contribution in [3.05, 3.63) is 47.5 Å². The Hall–Kier alpha value is -2.71. The van der Waals surface area contributed by atoms with Crippen LogP contribution in [0.1, 0.15) is 39.3 Å². The Morgan fingerprint density at radius 1 is 1.15 bits per heavy atom. The number of ether oxygens (including phenoxy) is 5. The van der Waals surface area contributed by atoms with Crippen molar-refractivity contribution < 1.29 is 38.1 Å². The van der Waals surface area contributed by atoms with Crippen molar-refractivity contribution in [2.24, 2.45) is 0 Å². The molecule has 0 radical (unpaired) electrons. The monoisotopic (exact) mass is 376 g/mol. The number of epoxide rings is 2. The predicted molar refractivity (Wildman–Crippen MR) is 91.2 cm³/mol. The van der Waals surface area contributed by atoms with Crippen molar-refractivity contribution in [3.8, 4) is 0 Å². The van der Waals surface area contributed by atoms with Crippen LogP contribution in [0.15, 0.2) is 30.9 Å². The lowest BCUT2D eigenvalue weighted by molar-refractivity contribution is -0.142. The standard InChI is InChI=1S/C19H20O8/c1-3-17(20)27-11(2)16-6-12(18(21)25-9-13-7-23-13)4-5-15(16)19(22)26-10-14-8-24-14/h3-6,11,13-14H,1,7-10H2,2H3. The van der Waals surface area contributed by atoms with E-state index in [1.54, 1.807) is 6.92 Å². The van der Waals surface area contributed by atoms with Crippen LogP contribution in [0.3, 0.4) is 0 Å². The summed E-state index contributed by atoms with van der Waals surface area (Å²) in [5.74, 6) is -1.79. The van der Waals surface area contributed by atoms with E-state index in [2.05, 4.69) is 6.58 Å². The Balaban J connectivity index is 1.78.